The van der Waals surface area contributed by atoms with Crippen LogP contribution in [0.3, 0.4) is 0 Å². The number of methoxy groups -OCH3 is 2. The Bertz CT molecular complexity index is 416. The van der Waals surface area contributed by atoms with E-state index in [1.165, 1.54) is 12.8 Å². The van der Waals surface area contributed by atoms with Gasteiger partial charge < -0.3 is 19.5 Å². The van der Waals surface area contributed by atoms with Gasteiger partial charge in [0.25, 0.3) is 0 Å². The van der Waals surface area contributed by atoms with Gasteiger partial charge in [-0.25, -0.2) is 0 Å². The molecule has 4 nitrogen and oxygen atoms in total. The number of hydrogen-bond donors (Lipinski definition) is 1. The van der Waals surface area contributed by atoms with Gasteiger partial charge in [-0.15, -0.1) is 0 Å². The highest BCUT2D eigenvalue weighted by Gasteiger charge is 2.31. The van der Waals surface area contributed by atoms with E-state index < -0.39 is 6.10 Å². The van der Waals surface area contributed by atoms with Crippen molar-refractivity contribution >= 4 is 5.69 Å². The summed E-state index contributed by atoms with van der Waals surface area (Å²) < 4.78 is 10.6. The molecule has 1 atom stereocenters. The second kappa shape index (κ2) is 6.26. The molecular weight excluding hydrogens is 242 g/mol. The third-order valence-electron chi connectivity index (χ3n) is 3.51. The normalized spacial score (nSPS) is 16.2. The Hall–Kier alpha value is -1.26. The van der Waals surface area contributed by atoms with E-state index in [1.807, 2.05) is 12.1 Å². The molecule has 0 bridgehead atoms. The minimum Gasteiger partial charge on any atom is -0.496 e. The maximum Gasteiger partial charge on any atom is 0.126 e. The second-order valence-corrected chi connectivity index (χ2v) is 4.99. The van der Waals surface area contributed by atoms with Crippen LogP contribution in [0.5, 0.6) is 5.75 Å². The van der Waals surface area contributed by atoms with Gasteiger partial charge >= 0.3 is 0 Å². The summed E-state index contributed by atoms with van der Waals surface area (Å²) in [5, 5.41) is 10.1. The lowest BCUT2D eigenvalue weighted by Gasteiger charge is -2.28. The summed E-state index contributed by atoms with van der Waals surface area (Å²) in [6, 6.07) is 6.49. The summed E-state index contributed by atoms with van der Waals surface area (Å²) in [6.07, 6.45) is 1.87. The molecular formula is C15H23NO3. The SMILES string of the molecule is COCCN(c1cccc(OC)c1[C@@H](C)O)C1CC1. The van der Waals surface area contributed by atoms with Crippen LogP contribution in [0.4, 0.5) is 5.69 Å². The van der Waals surface area contributed by atoms with Gasteiger partial charge in [-0.05, 0) is 31.9 Å². The fourth-order valence-corrected chi connectivity index (χ4v) is 2.46. The molecule has 19 heavy (non-hydrogen) atoms. The molecule has 0 spiro atoms. The third-order valence-corrected chi connectivity index (χ3v) is 3.51. The first-order valence-electron chi connectivity index (χ1n) is 6.79. The van der Waals surface area contributed by atoms with Gasteiger partial charge in [0.15, 0.2) is 0 Å². The summed E-state index contributed by atoms with van der Waals surface area (Å²) in [5.74, 6) is 0.746. The van der Waals surface area contributed by atoms with E-state index >= 15 is 0 Å². The zero-order valence-corrected chi connectivity index (χ0v) is 11.9. The Balaban J connectivity index is 2.34. The van der Waals surface area contributed by atoms with Crippen LogP contribution in [0.15, 0.2) is 18.2 Å². The molecule has 0 unspecified atom stereocenters. The highest BCUT2D eigenvalue weighted by molar-refractivity contribution is 5.61. The Morgan fingerprint density at radius 1 is 1.37 bits per heavy atom. The standard InChI is InChI=1S/C15H23NO3/c1-11(17)15-13(5-4-6-14(15)19-3)16(9-10-18-2)12-7-8-12/h4-6,11-12,17H,7-10H2,1-3H3/t11-/m1/s1. The summed E-state index contributed by atoms with van der Waals surface area (Å²) in [6.45, 7) is 3.31. The van der Waals surface area contributed by atoms with Gasteiger partial charge in [0.1, 0.15) is 5.75 Å². The van der Waals surface area contributed by atoms with Gasteiger partial charge in [0, 0.05) is 30.9 Å². The topological polar surface area (TPSA) is 41.9 Å². The van der Waals surface area contributed by atoms with Crippen LogP contribution in [0.25, 0.3) is 0 Å². The smallest absolute Gasteiger partial charge is 0.126 e. The minimum atomic E-state index is -0.546. The van der Waals surface area contributed by atoms with E-state index in [9.17, 15) is 5.11 Å². The molecule has 0 saturated heterocycles. The van der Waals surface area contributed by atoms with Crippen molar-refractivity contribution in [2.24, 2.45) is 0 Å². The zero-order valence-electron chi connectivity index (χ0n) is 11.9. The van der Waals surface area contributed by atoms with Crippen LogP contribution in [-0.4, -0.2) is 38.5 Å². The summed E-state index contributed by atoms with van der Waals surface area (Å²) in [4.78, 5) is 2.33. The number of hydrogen-bond acceptors (Lipinski definition) is 4. The van der Waals surface area contributed by atoms with Gasteiger partial charge in [0.2, 0.25) is 0 Å². The van der Waals surface area contributed by atoms with Crippen molar-refractivity contribution in [3.63, 3.8) is 0 Å². The quantitative estimate of drug-likeness (QED) is 0.822. The monoisotopic (exact) mass is 265 g/mol. The lowest BCUT2D eigenvalue weighted by atomic mass is 10.1. The number of anilines is 1. The number of aliphatic hydroxyl groups is 1. The van der Waals surface area contributed by atoms with E-state index in [-0.39, 0.29) is 0 Å². The third kappa shape index (κ3) is 3.19. The number of aliphatic hydroxyl groups excluding tert-OH is 1. The van der Waals surface area contributed by atoms with Crippen molar-refractivity contribution in [1.82, 2.24) is 0 Å². The van der Waals surface area contributed by atoms with Crippen molar-refractivity contribution in [2.45, 2.75) is 31.9 Å². The Kier molecular flexibility index (Phi) is 4.66. The Morgan fingerprint density at radius 3 is 2.63 bits per heavy atom. The fourth-order valence-electron chi connectivity index (χ4n) is 2.46. The second-order valence-electron chi connectivity index (χ2n) is 4.99. The molecule has 2 rings (SSSR count). The average molecular weight is 265 g/mol. The molecule has 1 aliphatic rings. The number of benzene rings is 1. The van der Waals surface area contributed by atoms with Crippen LogP contribution in [0.1, 0.15) is 31.4 Å². The minimum absolute atomic E-state index is 0.546. The Morgan fingerprint density at radius 2 is 2.11 bits per heavy atom. The first kappa shape index (κ1) is 14.2. The zero-order chi connectivity index (χ0) is 13.8. The van der Waals surface area contributed by atoms with E-state index in [1.54, 1.807) is 21.1 Å². The molecule has 1 saturated carbocycles. The molecule has 1 aliphatic carbocycles. The van der Waals surface area contributed by atoms with E-state index in [4.69, 9.17) is 9.47 Å². The lowest BCUT2D eigenvalue weighted by Crippen LogP contribution is -2.30. The highest BCUT2D eigenvalue weighted by atomic mass is 16.5. The van der Waals surface area contributed by atoms with Crippen molar-refractivity contribution in [2.75, 3.05) is 32.3 Å². The molecule has 1 aromatic rings. The van der Waals surface area contributed by atoms with E-state index in [2.05, 4.69) is 11.0 Å². The first-order valence-corrected chi connectivity index (χ1v) is 6.79. The summed E-state index contributed by atoms with van der Waals surface area (Å²) >= 11 is 0. The van der Waals surface area contributed by atoms with Crippen molar-refractivity contribution in [3.05, 3.63) is 23.8 Å². The molecule has 0 radical (unpaired) electrons. The number of ether oxygens (including phenoxy) is 2. The number of nitrogens with zero attached hydrogens (tertiary/aromatic N) is 1. The van der Waals surface area contributed by atoms with E-state index in [0.717, 1.165) is 23.5 Å². The lowest BCUT2D eigenvalue weighted by molar-refractivity contribution is 0.193. The predicted octanol–water partition coefficient (Wildman–Crippen LogP) is 2.36. The molecule has 0 amide bonds. The predicted molar refractivity (Wildman–Crippen MR) is 75.9 cm³/mol. The highest BCUT2D eigenvalue weighted by Crippen LogP contribution is 2.39. The van der Waals surface area contributed by atoms with Crippen molar-refractivity contribution < 1.29 is 14.6 Å². The van der Waals surface area contributed by atoms with Gasteiger partial charge in [-0.2, -0.15) is 0 Å². The molecule has 1 N–H and O–H groups in total. The van der Waals surface area contributed by atoms with E-state index in [0.29, 0.717) is 12.6 Å². The van der Waals surface area contributed by atoms with Crippen molar-refractivity contribution in [3.8, 4) is 5.75 Å². The molecule has 106 valence electrons. The number of rotatable bonds is 7. The van der Waals surface area contributed by atoms with Gasteiger partial charge in [0.05, 0.1) is 19.8 Å². The van der Waals surface area contributed by atoms with Crippen LogP contribution in [0, 0.1) is 0 Å². The van der Waals surface area contributed by atoms with Gasteiger partial charge in [-0.1, -0.05) is 6.07 Å². The van der Waals surface area contributed by atoms with Crippen LogP contribution in [-0.2, 0) is 4.74 Å². The van der Waals surface area contributed by atoms with Crippen LogP contribution in [0.2, 0.25) is 0 Å². The molecule has 1 fully saturated rings. The molecule has 4 heteroatoms. The maximum atomic E-state index is 10.1. The van der Waals surface area contributed by atoms with Crippen LogP contribution < -0.4 is 9.64 Å². The summed E-state index contributed by atoms with van der Waals surface area (Å²) in [7, 11) is 3.36. The molecule has 0 aromatic heterocycles. The fraction of sp³-hybridized carbons (Fsp3) is 0.600. The summed E-state index contributed by atoms with van der Waals surface area (Å²) in [5.41, 5.74) is 1.93. The maximum absolute atomic E-state index is 10.1. The molecule has 0 heterocycles. The Labute approximate surface area is 114 Å². The average Bonchev–Trinajstić information content (AvgIpc) is 3.23. The molecule has 1 aromatic carbocycles. The van der Waals surface area contributed by atoms with Gasteiger partial charge in [-0.3, -0.25) is 0 Å². The first-order chi connectivity index (χ1) is 9.19. The molecule has 0 aliphatic heterocycles. The van der Waals surface area contributed by atoms with Crippen molar-refractivity contribution in [1.29, 1.82) is 0 Å². The largest absolute Gasteiger partial charge is 0.496 e. The van der Waals surface area contributed by atoms with Crippen LogP contribution >= 0.6 is 0 Å².